The van der Waals surface area contributed by atoms with Gasteiger partial charge in [0.25, 0.3) is 0 Å². The smallest absolute Gasteiger partial charge is 0.0789 e. The number of benzene rings is 2. The van der Waals surface area contributed by atoms with Crippen molar-refractivity contribution < 1.29 is 0 Å². The van der Waals surface area contributed by atoms with Gasteiger partial charge in [-0.25, -0.2) is 0 Å². The van der Waals surface area contributed by atoms with E-state index in [1.807, 2.05) is 42.4 Å². The highest BCUT2D eigenvalue weighted by Gasteiger charge is 2.21. The molecule has 0 saturated heterocycles. The molecule has 3 nitrogen and oxygen atoms in total. The molecule has 1 aliphatic rings. The third kappa shape index (κ3) is 2.03. The van der Waals surface area contributed by atoms with E-state index in [1.54, 1.807) is 0 Å². The van der Waals surface area contributed by atoms with Crippen LogP contribution in [0.3, 0.4) is 0 Å². The molecule has 1 N–H and O–H groups in total. The first-order valence-electron chi connectivity index (χ1n) is 5.85. The average Bonchev–Trinajstić information content (AvgIpc) is 2.70. The van der Waals surface area contributed by atoms with E-state index in [4.69, 9.17) is 11.6 Å². The summed E-state index contributed by atoms with van der Waals surface area (Å²) in [6, 6.07) is 16.2. The second kappa shape index (κ2) is 4.52. The zero-order valence-electron chi connectivity index (χ0n) is 10.1. The lowest BCUT2D eigenvalue weighted by molar-refractivity contribution is 0.650. The molecule has 1 aliphatic heterocycles. The van der Waals surface area contributed by atoms with E-state index in [0.29, 0.717) is 0 Å². The number of halogens is 1. The molecule has 0 unspecified atom stereocenters. The van der Waals surface area contributed by atoms with E-state index >= 15 is 0 Å². The Hall–Kier alpha value is -1.71. The Kier molecular flexibility index (Phi) is 2.86. The first-order valence-corrected chi connectivity index (χ1v) is 6.23. The summed E-state index contributed by atoms with van der Waals surface area (Å²) < 4.78 is 0. The molecule has 1 heterocycles. The van der Waals surface area contributed by atoms with Crippen molar-refractivity contribution in [1.29, 1.82) is 0 Å². The van der Waals surface area contributed by atoms with Crippen LogP contribution in [0.15, 0.2) is 48.5 Å². The summed E-state index contributed by atoms with van der Waals surface area (Å²) >= 11 is 5.90. The Balaban J connectivity index is 1.85. The number of hydrogen-bond acceptors (Lipinski definition) is 3. The van der Waals surface area contributed by atoms with Crippen molar-refractivity contribution >= 4 is 23.0 Å². The molecule has 0 fully saturated rings. The standard InChI is InChI=1S/C14H14ClN3/c1-17-13-4-2-3-5-14(13)18(16-17)10-11-6-8-12(15)9-7-11/h2-9,16H,10H2,1H3. The topological polar surface area (TPSA) is 18.5 Å². The van der Waals surface area contributed by atoms with E-state index in [0.717, 1.165) is 11.6 Å². The van der Waals surface area contributed by atoms with Crippen LogP contribution in [0.4, 0.5) is 11.4 Å². The minimum absolute atomic E-state index is 0.769. The van der Waals surface area contributed by atoms with Crippen LogP contribution in [0, 0.1) is 0 Å². The van der Waals surface area contributed by atoms with E-state index < -0.39 is 0 Å². The fraction of sp³-hybridized carbons (Fsp3) is 0.143. The predicted octanol–water partition coefficient (Wildman–Crippen LogP) is 3.22. The molecule has 0 atom stereocenters. The molecule has 0 radical (unpaired) electrons. The average molecular weight is 260 g/mol. The number of nitrogens with zero attached hydrogens (tertiary/aromatic N) is 2. The zero-order valence-corrected chi connectivity index (χ0v) is 10.9. The fourth-order valence-electron chi connectivity index (χ4n) is 2.16. The normalized spacial score (nSPS) is 13.9. The summed E-state index contributed by atoms with van der Waals surface area (Å²) in [4.78, 5) is 0. The molecule has 0 saturated carbocycles. The first kappa shape index (κ1) is 11.4. The Morgan fingerprint density at radius 3 is 2.39 bits per heavy atom. The van der Waals surface area contributed by atoms with Gasteiger partial charge in [0.05, 0.1) is 17.9 Å². The Morgan fingerprint density at radius 1 is 1.00 bits per heavy atom. The van der Waals surface area contributed by atoms with Gasteiger partial charge in [0.15, 0.2) is 0 Å². The van der Waals surface area contributed by atoms with Crippen LogP contribution in [-0.4, -0.2) is 7.05 Å². The van der Waals surface area contributed by atoms with Gasteiger partial charge >= 0.3 is 0 Å². The summed E-state index contributed by atoms with van der Waals surface area (Å²) in [6.45, 7) is 0.804. The van der Waals surface area contributed by atoms with Crippen molar-refractivity contribution in [3.63, 3.8) is 0 Å². The number of nitrogens with one attached hydrogen (secondary N) is 1. The minimum Gasteiger partial charge on any atom is -0.292 e. The molecule has 0 bridgehead atoms. The molecule has 0 aliphatic carbocycles. The van der Waals surface area contributed by atoms with E-state index in [2.05, 4.69) is 28.7 Å². The number of anilines is 2. The highest BCUT2D eigenvalue weighted by Crippen LogP contribution is 2.32. The molecule has 0 aromatic heterocycles. The predicted molar refractivity (Wildman–Crippen MR) is 75.6 cm³/mol. The molecule has 2 aromatic carbocycles. The van der Waals surface area contributed by atoms with Gasteiger partial charge in [-0.05, 0) is 29.8 Å². The fourth-order valence-corrected chi connectivity index (χ4v) is 2.28. The maximum absolute atomic E-state index is 5.90. The second-order valence-electron chi connectivity index (χ2n) is 4.36. The van der Waals surface area contributed by atoms with Gasteiger partial charge in [0, 0.05) is 12.1 Å². The summed E-state index contributed by atoms with van der Waals surface area (Å²) in [7, 11) is 2.01. The van der Waals surface area contributed by atoms with Gasteiger partial charge in [-0.3, -0.25) is 10.0 Å². The maximum atomic E-state index is 5.90. The van der Waals surface area contributed by atoms with Gasteiger partial charge in [0.1, 0.15) is 0 Å². The van der Waals surface area contributed by atoms with Crippen LogP contribution < -0.4 is 15.6 Å². The van der Waals surface area contributed by atoms with E-state index in [-0.39, 0.29) is 0 Å². The van der Waals surface area contributed by atoms with E-state index in [1.165, 1.54) is 16.9 Å². The van der Waals surface area contributed by atoms with Crippen LogP contribution in [0.5, 0.6) is 0 Å². The minimum atomic E-state index is 0.769. The van der Waals surface area contributed by atoms with Crippen LogP contribution in [0.2, 0.25) is 5.02 Å². The number of rotatable bonds is 2. The SMILES string of the molecule is CN1NN(Cc2ccc(Cl)cc2)c2ccccc21. The van der Waals surface area contributed by atoms with Gasteiger partial charge in [-0.2, -0.15) is 0 Å². The van der Waals surface area contributed by atoms with Gasteiger partial charge < -0.3 is 0 Å². The van der Waals surface area contributed by atoms with Crippen molar-refractivity contribution in [1.82, 2.24) is 5.53 Å². The van der Waals surface area contributed by atoms with Gasteiger partial charge in [0.2, 0.25) is 0 Å². The Bertz CT molecular complexity index is 553. The molecule has 2 aromatic rings. The zero-order chi connectivity index (χ0) is 12.5. The van der Waals surface area contributed by atoms with Crippen molar-refractivity contribution in [2.24, 2.45) is 0 Å². The second-order valence-corrected chi connectivity index (χ2v) is 4.80. The van der Waals surface area contributed by atoms with Crippen molar-refractivity contribution in [3.05, 3.63) is 59.1 Å². The molecule has 0 amide bonds. The summed E-state index contributed by atoms with van der Waals surface area (Å²) in [5.74, 6) is 0. The highest BCUT2D eigenvalue weighted by molar-refractivity contribution is 6.30. The molecule has 4 heteroatoms. The van der Waals surface area contributed by atoms with E-state index in [9.17, 15) is 0 Å². The molecular formula is C14H14ClN3. The lowest BCUT2D eigenvalue weighted by atomic mass is 10.2. The molecule has 18 heavy (non-hydrogen) atoms. The molecular weight excluding hydrogens is 246 g/mol. The Labute approximate surface area is 112 Å². The van der Waals surface area contributed by atoms with Crippen LogP contribution >= 0.6 is 11.6 Å². The van der Waals surface area contributed by atoms with Crippen molar-refractivity contribution in [2.75, 3.05) is 17.1 Å². The Morgan fingerprint density at radius 2 is 1.67 bits per heavy atom. The largest absolute Gasteiger partial charge is 0.292 e. The van der Waals surface area contributed by atoms with Crippen LogP contribution in [0.25, 0.3) is 0 Å². The maximum Gasteiger partial charge on any atom is 0.0789 e. The molecule has 3 rings (SSSR count). The summed E-state index contributed by atoms with van der Waals surface area (Å²) in [5, 5.41) is 4.91. The van der Waals surface area contributed by atoms with Crippen molar-refractivity contribution in [3.8, 4) is 0 Å². The highest BCUT2D eigenvalue weighted by atomic mass is 35.5. The number of hydrogen-bond donors (Lipinski definition) is 1. The van der Waals surface area contributed by atoms with Crippen LogP contribution in [0.1, 0.15) is 5.56 Å². The number of hydrazine groups is 2. The summed E-state index contributed by atoms with van der Waals surface area (Å²) in [6.07, 6.45) is 0. The quantitative estimate of drug-likeness (QED) is 0.893. The lowest BCUT2D eigenvalue weighted by Gasteiger charge is -2.20. The number of para-hydroxylation sites is 2. The third-order valence-corrected chi connectivity index (χ3v) is 3.31. The number of fused-ring (bicyclic) bond motifs is 1. The van der Waals surface area contributed by atoms with Crippen molar-refractivity contribution in [2.45, 2.75) is 6.54 Å². The molecule has 92 valence electrons. The van der Waals surface area contributed by atoms with Gasteiger partial charge in [-0.1, -0.05) is 35.9 Å². The van der Waals surface area contributed by atoms with Crippen LogP contribution in [-0.2, 0) is 6.54 Å². The molecule has 0 spiro atoms. The van der Waals surface area contributed by atoms with Gasteiger partial charge in [-0.15, -0.1) is 5.53 Å². The third-order valence-electron chi connectivity index (χ3n) is 3.06. The lowest BCUT2D eigenvalue weighted by Crippen LogP contribution is -2.41. The first-order chi connectivity index (χ1) is 8.74. The monoisotopic (exact) mass is 259 g/mol. The summed E-state index contributed by atoms with van der Waals surface area (Å²) in [5.41, 5.74) is 6.91.